The summed E-state index contributed by atoms with van der Waals surface area (Å²) in [6.07, 6.45) is 0.714. The molecule has 1 aromatic rings. The number of nitrogens with one attached hydrogen (secondary N) is 2. The van der Waals surface area contributed by atoms with Crippen molar-refractivity contribution in [3.05, 3.63) is 29.8 Å². The van der Waals surface area contributed by atoms with Crippen LogP contribution in [0.4, 0.5) is 0 Å². The molecule has 6 nitrogen and oxygen atoms in total. The zero-order valence-electron chi connectivity index (χ0n) is 13.8. The molecule has 122 valence electrons. The monoisotopic (exact) mass is 308 g/mol. The van der Waals surface area contributed by atoms with Gasteiger partial charge in [-0.2, -0.15) is 0 Å². The maximum Gasteiger partial charge on any atom is 0.277 e. The molecule has 0 saturated heterocycles. The van der Waals surface area contributed by atoms with Crippen LogP contribution in [0.2, 0.25) is 0 Å². The number of hydrogen-bond donors (Lipinski definition) is 2. The molecule has 0 aliphatic carbocycles. The summed E-state index contributed by atoms with van der Waals surface area (Å²) in [4.78, 5) is 25.8. The van der Waals surface area contributed by atoms with Crippen LogP contribution in [-0.2, 0) is 16.0 Å². The molecule has 1 aromatic carbocycles. The van der Waals surface area contributed by atoms with Gasteiger partial charge in [-0.3, -0.25) is 9.59 Å². The van der Waals surface area contributed by atoms with E-state index in [9.17, 15) is 9.59 Å². The van der Waals surface area contributed by atoms with Crippen LogP contribution >= 0.6 is 0 Å². The Morgan fingerprint density at radius 3 is 2.55 bits per heavy atom. The fourth-order valence-electron chi connectivity index (χ4n) is 2.06. The molecular formula is C16H26N3O3+. The Morgan fingerprint density at radius 1 is 1.23 bits per heavy atom. The van der Waals surface area contributed by atoms with Crippen molar-refractivity contribution in [2.45, 2.75) is 6.42 Å². The summed E-state index contributed by atoms with van der Waals surface area (Å²) in [5.74, 6) is 0.786. The molecule has 0 aliphatic rings. The second kappa shape index (κ2) is 9.04. The van der Waals surface area contributed by atoms with E-state index < -0.39 is 0 Å². The number of likely N-dealkylation sites (N-methyl/N-ethyl adjacent to an activating group) is 2. The number of rotatable bonds is 8. The average molecular weight is 308 g/mol. The fourth-order valence-corrected chi connectivity index (χ4v) is 2.06. The lowest BCUT2D eigenvalue weighted by Crippen LogP contribution is -3.11. The van der Waals surface area contributed by atoms with Gasteiger partial charge in [0, 0.05) is 20.6 Å². The average Bonchev–Trinajstić information content (AvgIpc) is 2.47. The first-order valence-electron chi connectivity index (χ1n) is 7.34. The normalized spacial score (nSPS) is 11.6. The lowest BCUT2D eigenvalue weighted by Gasteiger charge is -2.16. The van der Waals surface area contributed by atoms with E-state index in [2.05, 4.69) is 5.32 Å². The van der Waals surface area contributed by atoms with E-state index in [1.54, 1.807) is 21.2 Å². The van der Waals surface area contributed by atoms with Crippen molar-refractivity contribution >= 4 is 11.8 Å². The Balaban J connectivity index is 2.33. The highest BCUT2D eigenvalue weighted by molar-refractivity contribution is 5.78. The molecule has 0 spiro atoms. The Labute approximate surface area is 132 Å². The van der Waals surface area contributed by atoms with Crippen LogP contribution in [0.25, 0.3) is 0 Å². The van der Waals surface area contributed by atoms with E-state index in [0.717, 1.165) is 16.2 Å². The molecule has 0 radical (unpaired) electrons. The van der Waals surface area contributed by atoms with Crippen LogP contribution in [-0.4, -0.2) is 64.6 Å². The van der Waals surface area contributed by atoms with Gasteiger partial charge in [-0.25, -0.2) is 0 Å². The van der Waals surface area contributed by atoms with Crippen LogP contribution in [0.5, 0.6) is 5.75 Å². The number of nitrogens with zero attached hydrogens (tertiary/aromatic N) is 1. The molecule has 0 aromatic heterocycles. The van der Waals surface area contributed by atoms with Gasteiger partial charge in [-0.1, -0.05) is 18.2 Å². The minimum absolute atomic E-state index is 0.0133. The van der Waals surface area contributed by atoms with E-state index in [1.165, 1.54) is 4.90 Å². The van der Waals surface area contributed by atoms with Gasteiger partial charge >= 0.3 is 0 Å². The zero-order valence-corrected chi connectivity index (χ0v) is 13.8. The fraction of sp³-hybridized carbons (Fsp3) is 0.500. The predicted octanol–water partition coefficient (Wildman–Crippen LogP) is -1.04. The standard InChI is InChI=1S/C16H25N3O3/c1-18(2)16(21)12-19(3)11-15(20)17-10-9-13-7-5-6-8-14(13)22-4/h5-8H,9-12H2,1-4H3,(H,17,20)/p+1. The molecular weight excluding hydrogens is 282 g/mol. The quantitative estimate of drug-likeness (QED) is 0.645. The summed E-state index contributed by atoms with van der Waals surface area (Å²) >= 11 is 0. The second-order valence-corrected chi connectivity index (χ2v) is 5.51. The topological polar surface area (TPSA) is 63.1 Å². The van der Waals surface area contributed by atoms with Crippen molar-refractivity contribution in [1.82, 2.24) is 10.2 Å². The molecule has 1 unspecified atom stereocenters. The minimum atomic E-state index is -0.0565. The summed E-state index contributed by atoms with van der Waals surface area (Å²) in [5.41, 5.74) is 1.06. The summed E-state index contributed by atoms with van der Waals surface area (Å²) in [5, 5.41) is 2.88. The van der Waals surface area contributed by atoms with Gasteiger partial charge in [-0.05, 0) is 18.1 Å². The summed E-state index contributed by atoms with van der Waals surface area (Å²) < 4.78 is 5.27. The Hall–Kier alpha value is -2.08. The largest absolute Gasteiger partial charge is 0.496 e. The summed E-state index contributed by atoms with van der Waals surface area (Å²) in [7, 11) is 6.89. The Bertz CT molecular complexity index is 503. The third-order valence-corrected chi connectivity index (χ3v) is 3.32. The van der Waals surface area contributed by atoms with Crippen molar-refractivity contribution < 1.29 is 19.2 Å². The molecule has 0 aliphatic heterocycles. The van der Waals surface area contributed by atoms with Crippen molar-refractivity contribution in [2.75, 3.05) is 47.9 Å². The molecule has 0 heterocycles. The lowest BCUT2D eigenvalue weighted by molar-refractivity contribution is -0.862. The molecule has 1 rings (SSSR count). The molecule has 22 heavy (non-hydrogen) atoms. The van der Waals surface area contributed by atoms with Crippen molar-refractivity contribution in [1.29, 1.82) is 0 Å². The van der Waals surface area contributed by atoms with Gasteiger partial charge in [0.2, 0.25) is 0 Å². The Morgan fingerprint density at radius 2 is 1.91 bits per heavy atom. The number of carbonyl (C=O) groups excluding carboxylic acids is 2. The Kier molecular flexibility index (Phi) is 7.39. The van der Waals surface area contributed by atoms with E-state index in [-0.39, 0.29) is 18.4 Å². The second-order valence-electron chi connectivity index (χ2n) is 5.51. The van der Waals surface area contributed by atoms with Gasteiger partial charge in [0.25, 0.3) is 11.8 Å². The molecule has 0 saturated carbocycles. The van der Waals surface area contributed by atoms with Crippen LogP contribution in [0.15, 0.2) is 24.3 Å². The molecule has 0 bridgehead atoms. The predicted molar refractivity (Wildman–Crippen MR) is 85.0 cm³/mol. The number of ether oxygens (including phenoxy) is 1. The van der Waals surface area contributed by atoms with Crippen molar-refractivity contribution in [3.63, 3.8) is 0 Å². The SMILES string of the molecule is COc1ccccc1CCNC(=O)C[NH+](C)CC(=O)N(C)C. The highest BCUT2D eigenvalue weighted by Crippen LogP contribution is 2.16. The highest BCUT2D eigenvalue weighted by atomic mass is 16.5. The molecule has 6 heteroatoms. The summed E-state index contributed by atoms with van der Waals surface area (Å²) in [6, 6.07) is 7.76. The molecule has 2 amide bonds. The number of methoxy groups -OCH3 is 1. The maximum atomic E-state index is 11.9. The van der Waals surface area contributed by atoms with Gasteiger partial charge in [0.1, 0.15) is 5.75 Å². The van der Waals surface area contributed by atoms with Crippen molar-refractivity contribution in [2.24, 2.45) is 0 Å². The van der Waals surface area contributed by atoms with E-state index in [0.29, 0.717) is 19.5 Å². The van der Waals surface area contributed by atoms with Crippen molar-refractivity contribution in [3.8, 4) is 5.75 Å². The third kappa shape index (κ3) is 6.13. The summed E-state index contributed by atoms with van der Waals surface area (Å²) in [6.45, 7) is 1.15. The number of amides is 2. The van der Waals surface area contributed by atoms with Gasteiger partial charge in [0.15, 0.2) is 13.1 Å². The minimum Gasteiger partial charge on any atom is -0.496 e. The number of quaternary nitrogens is 1. The molecule has 1 atom stereocenters. The molecule has 0 fully saturated rings. The van der Waals surface area contributed by atoms with E-state index >= 15 is 0 Å². The zero-order chi connectivity index (χ0) is 16.5. The van der Waals surface area contributed by atoms with E-state index in [4.69, 9.17) is 4.74 Å². The van der Waals surface area contributed by atoms with Crippen LogP contribution in [0, 0.1) is 0 Å². The number of benzene rings is 1. The van der Waals surface area contributed by atoms with Gasteiger partial charge in [0.05, 0.1) is 14.2 Å². The van der Waals surface area contributed by atoms with E-state index in [1.807, 2.05) is 31.3 Å². The number of hydrogen-bond acceptors (Lipinski definition) is 3. The number of para-hydroxylation sites is 1. The number of carbonyl (C=O) groups is 2. The first-order valence-corrected chi connectivity index (χ1v) is 7.34. The van der Waals surface area contributed by atoms with Gasteiger partial charge < -0.3 is 19.9 Å². The van der Waals surface area contributed by atoms with Crippen LogP contribution in [0.3, 0.4) is 0 Å². The first kappa shape index (κ1) is 18.0. The maximum absolute atomic E-state index is 11.9. The van der Waals surface area contributed by atoms with Crippen LogP contribution < -0.4 is 15.0 Å². The van der Waals surface area contributed by atoms with Crippen LogP contribution in [0.1, 0.15) is 5.56 Å². The molecule has 2 N–H and O–H groups in total. The highest BCUT2D eigenvalue weighted by Gasteiger charge is 2.15. The first-order chi connectivity index (χ1) is 10.4. The van der Waals surface area contributed by atoms with Gasteiger partial charge in [-0.15, -0.1) is 0 Å². The smallest absolute Gasteiger partial charge is 0.277 e. The third-order valence-electron chi connectivity index (χ3n) is 3.32. The lowest BCUT2D eigenvalue weighted by atomic mass is 10.1.